The van der Waals surface area contributed by atoms with Crippen LogP contribution >= 0.6 is 0 Å². The fraction of sp³-hybridized carbons (Fsp3) is 0.316. The second kappa shape index (κ2) is 7.34. The van der Waals surface area contributed by atoms with Crippen molar-refractivity contribution in [2.24, 2.45) is 5.41 Å². The average Bonchev–Trinajstić information content (AvgIpc) is 3.07. The van der Waals surface area contributed by atoms with Crippen molar-refractivity contribution in [1.82, 2.24) is 0 Å². The number of aryl methyl sites for hydroxylation is 1. The molecule has 0 radical (unpaired) electrons. The Kier molecular flexibility index (Phi) is 5.41. The number of carbonyl (C=O) groups is 3. The fourth-order valence-electron chi connectivity index (χ4n) is 2.01. The minimum Gasteiger partial charge on any atom is -0.459 e. The third-order valence-electron chi connectivity index (χ3n) is 3.65. The van der Waals surface area contributed by atoms with Crippen LogP contribution in [0.25, 0.3) is 0 Å². The van der Waals surface area contributed by atoms with E-state index in [0.717, 1.165) is 0 Å². The van der Waals surface area contributed by atoms with E-state index in [0.29, 0.717) is 11.3 Å². The summed E-state index contributed by atoms with van der Waals surface area (Å²) in [5, 5.41) is 2.66. The lowest BCUT2D eigenvalue weighted by Gasteiger charge is -2.17. The number of nitrogens with one attached hydrogen (secondary N) is 1. The molecule has 1 N–H and O–H groups in total. The number of ketones is 1. The number of para-hydroxylation sites is 1. The minimum atomic E-state index is -0.670. The van der Waals surface area contributed by atoms with Crippen molar-refractivity contribution < 1.29 is 23.5 Å². The number of Topliss-reactive ketones (excluding diaryl/α,β-unsaturated/α-hetero) is 1. The Balaban J connectivity index is 2.18. The molecule has 0 fully saturated rings. The zero-order chi connectivity index (χ0) is 18.6. The van der Waals surface area contributed by atoms with Crippen molar-refractivity contribution in [3.05, 3.63) is 53.5 Å². The van der Waals surface area contributed by atoms with Crippen LogP contribution in [0.15, 0.2) is 41.0 Å². The summed E-state index contributed by atoms with van der Waals surface area (Å²) >= 11 is 0. The third kappa shape index (κ3) is 4.56. The number of anilines is 1. The first-order valence-electron chi connectivity index (χ1n) is 7.85. The monoisotopic (exact) mass is 343 g/mol. The molecule has 1 amide bonds. The molecule has 0 aliphatic heterocycles. The molecule has 0 aliphatic carbocycles. The predicted octanol–water partition coefficient (Wildman–Crippen LogP) is 3.61. The molecule has 1 aromatic carbocycles. The van der Waals surface area contributed by atoms with E-state index in [2.05, 4.69) is 5.32 Å². The van der Waals surface area contributed by atoms with Gasteiger partial charge in [0.15, 0.2) is 18.2 Å². The molecule has 0 spiro atoms. The second-order valence-electron chi connectivity index (χ2n) is 6.68. The van der Waals surface area contributed by atoms with E-state index in [1.807, 2.05) is 0 Å². The highest BCUT2D eigenvalue weighted by molar-refractivity contribution is 6.07. The quantitative estimate of drug-likeness (QED) is 0.838. The summed E-state index contributed by atoms with van der Waals surface area (Å²) in [5.74, 6) is -1.20. The van der Waals surface area contributed by atoms with E-state index < -0.39 is 17.3 Å². The van der Waals surface area contributed by atoms with Gasteiger partial charge in [-0.3, -0.25) is 9.59 Å². The van der Waals surface area contributed by atoms with E-state index in [1.54, 1.807) is 45.9 Å². The molecule has 0 atom stereocenters. The van der Waals surface area contributed by atoms with Gasteiger partial charge in [-0.2, -0.15) is 0 Å². The Morgan fingerprint density at radius 2 is 1.84 bits per heavy atom. The maximum atomic E-state index is 12.4. The van der Waals surface area contributed by atoms with Gasteiger partial charge in [0.1, 0.15) is 0 Å². The Labute approximate surface area is 146 Å². The number of amides is 1. The van der Waals surface area contributed by atoms with Crippen LogP contribution in [0.1, 0.15) is 47.2 Å². The van der Waals surface area contributed by atoms with Crippen molar-refractivity contribution >= 4 is 23.3 Å². The number of ether oxygens (including phenoxy) is 1. The number of rotatable bonds is 5. The smallest absolute Gasteiger partial charge is 0.340 e. The van der Waals surface area contributed by atoms with Crippen LogP contribution in [0.2, 0.25) is 0 Å². The van der Waals surface area contributed by atoms with Gasteiger partial charge in [0.25, 0.3) is 5.91 Å². The van der Waals surface area contributed by atoms with Gasteiger partial charge in [-0.25, -0.2) is 4.79 Å². The summed E-state index contributed by atoms with van der Waals surface area (Å²) in [5.41, 5.74) is 0.610. The lowest BCUT2D eigenvalue weighted by atomic mass is 9.91. The molecule has 1 heterocycles. The van der Waals surface area contributed by atoms with Crippen molar-refractivity contribution in [2.75, 3.05) is 11.9 Å². The highest BCUT2D eigenvalue weighted by Crippen LogP contribution is 2.23. The van der Waals surface area contributed by atoms with Crippen LogP contribution in [-0.4, -0.2) is 24.3 Å². The number of esters is 1. The van der Waals surface area contributed by atoms with Gasteiger partial charge in [-0.1, -0.05) is 32.9 Å². The van der Waals surface area contributed by atoms with E-state index >= 15 is 0 Å². The maximum absolute atomic E-state index is 12.4. The number of hydrogen-bond donors (Lipinski definition) is 1. The zero-order valence-electron chi connectivity index (χ0n) is 14.7. The second-order valence-corrected chi connectivity index (χ2v) is 6.68. The van der Waals surface area contributed by atoms with Gasteiger partial charge < -0.3 is 14.5 Å². The van der Waals surface area contributed by atoms with Crippen molar-refractivity contribution in [2.45, 2.75) is 27.7 Å². The first-order valence-corrected chi connectivity index (χ1v) is 7.85. The lowest BCUT2D eigenvalue weighted by molar-refractivity contribution is -0.129. The first-order chi connectivity index (χ1) is 11.7. The molecule has 6 nitrogen and oxygen atoms in total. The molecule has 2 aromatic rings. The molecular formula is C19H21NO5. The SMILES string of the molecule is Cc1cccc(C(=O)OCC(=O)C(C)(C)C)c1NC(=O)c1ccco1. The van der Waals surface area contributed by atoms with Gasteiger partial charge >= 0.3 is 5.97 Å². The molecule has 0 saturated heterocycles. The van der Waals surface area contributed by atoms with Crippen LogP contribution in [0, 0.1) is 12.3 Å². The van der Waals surface area contributed by atoms with Crippen molar-refractivity contribution in [1.29, 1.82) is 0 Å². The molecule has 6 heteroatoms. The topological polar surface area (TPSA) is 85.6 Å². The Morgan fingerprint density at radius 3 is 2.44 bits per heavy atom. The number of carbonyl (C=O) groups excluding carboxylic acids is 3. The normalized spacial score (nSPS) is 11.0. The molecule has 1 aromatic heterocycles. The Hall–Kier alpha value is -2.89. The molecule has 25 heavy (non-hydrogen) atoms. The zero-order valence-corrected chi connectivity index (χ0v) is 14.7. The predicted molar refractivity (Wildman–Crippen MR) is 92.6 cm³/mol. The van der Waals surface area contributed by atoms with E-state index in [4.69, 9.17) is 9.15 Å². The van der Waals surface area contributed by atoms with Crippen LogP contribution in [0.5, 0.6) is 0 Å². The largest absolute Gasteiger partial charge is 0.459 e. The van der Waals surface area contributed by atoms with E-state index in [9.17, 15) is 14.4 Å². The molecule has 0 saturated carbocycles. The molecule has 2 rings (SSSR count). The van der Waals surface area contributed by atoms with Gasteiger partial charge in [-0.15, -0.1) is 0 Å². The highest BCUT2D eigenvalue weighted by atomic mass is 16.5. The van der Waals surface area contributed by atoms with Crippen molar-refractivity contribution in [3.63, 3.8) is 0 Å². The maximum Gasteiger partial charge on any atom is 0.340 e. The van der Waals surface area contributed by atoms with Gasteiger partial charge in [0.05, 0.1) is 17.5 Å². The highest BCUT2D eigenvalue weighted by Gasteiger charge is 2.24. The Morgan fingerprint density at radius 1 is 1.12 bits per heavy atom. The summed E-state index contributed by atoms with van der Waals surface area (Å²) in [6, 6.07) is 8.09. The number of furan rings is 1. The van der Waals surface area contributed by atoms with E-state index in [1.165, 1.54) is 18.4 Å². The minimum absolute atomic E-state index is 0.130. The summed E-state index contributed by atoms with van der Waals surface area (Å²) in [6.07, 6.45) is 1.39. The standard InChI is InChI=1S/C19H21NO5/c1-12-7-5-8-13(18(23)25-11-15(21)19(2,3)4)16(12)20-17(22)14-9-6-10-24-14/h5-10H,11H2,1-4H3,(H,20,22). The van der Waals surface area contributed by atoms with Crippen LogP contribution in [0.4, 0.5) is 5.69 Å². The molecule has 0 bridgehead atoms. The van der Waals surface area contributed by atoms with Crippen LogP contribution in [-0.2, 0) is 9.53 Å². The average molecular weight is 343 g/mol. The van der Waals surface area contributed by atoms with Gasteiger partial charge in [0, 0.05) is 5.41 Å². The summed E-state index contributed by atoms with van der Waals surface area (Å²) in [6.45, 7) is 6.71. The number of hydrogen-bond acceptors (Lipinski definition) is 5. The number of benzene rings is 1. The summed E-state index contributed by atoms with van der Waals surface area (Å²) in [4.78, 5) is 36.5. The lowest BCUT2D eigenvalue weighted by Crippen LogP contribution is -2.26. The van der Waals surface area contributed by atoms with Gasteiger partial charge in [0.2, 0.25) is 0 Å². The van der Waals surface area contributed by atoms with E-state index in [-0.39, 0.29) is 23.7 Å². The summed E-state index contributed by atoms with van der Waals surface area (Å²) < 4.78 is 10.2. The fourth-order valence-corrected chi connectivity index (χ4v) is 2.01. The first kappa shape index (κ1) is 18.4. The van der Waals surface area contributed by atoms with Crippen molar-refractivity contribution in [3.8, 4) is 0 Å². The molecule has 0 aliphatic rings. The van der Waals surface area contributed by atoms with Crippen LogP contribution in [0.3, 0.4) is 0 Å². The molecule has 132 valence electrons. The Bertz CT molecular complexity index is 785. The summed E-state index contributed by atoms with van der Waals surface area (Å²) in [7, 11) is 0. The van der Waals surface area contributed by atoms with Gasteiger partial charge in [-0.05, 0) is 30.7 Å². The molecule has 0 unspecified atom stereocenters. The van der Waals surface area contributed by atoms with Crippen LogP contribution < -0.4 is 5.32 Å². The third-order valence-corrected chi connectivity index (χ3v) is 3.65. The molecular weight excluding hydrogens is 322 g/mol.